The van der Waals surface area contributed by atoms with E-state index in [2.05, 4.69) is 30.4 Å². The Balaban J connectivity index is 2.07. The molecule has 1 fully saturated rings. The van der Waals surface area contributed by atoms with E-state index in [9.17, 15) is 4.79 Å². The lowest BCUT2D eigenvalue weighted by atomic mass is 9.74. The summed E-state index contributed by atoms with van der Waals surface area (Å²) in [6.45, 7) is 1.70. The Morgan fingerprint density at radius 1 is 1.50 bits per heavy atom. The van der Waals surface area contributed by atoms with Crippen molar-refractivity contribution in [3.8, 4) is 0 Å². The largest absolute Gasteiger partial charge is 0.295 e. The van der Waals surface area contributed by atoms with Crippen molar-refractivity contribution in [1.82, 2.24) is 0 Å². The maximum Gasteiger partial charge on any atom is 0.155 e. The van der Waals surface area contributed by atoms with E-state index in [4.69, 9.17) is 0 Å². The van der Waals surface area contributed by atoms with Crippen LogP contribution >= 0.6 is 0 Å². The monoisotopic (exact) mass is 186 g/mol. The lowest BCUT2D eigenvalue weighted by Crippen LogP contribution is -2.21. The molecule has 14 heavy (non-hydrogen) atoms. The average molecular weight is 186 g/mol. The molecule has 1 heteroatoms. The van der Waals surface area contributed by atoms with E-state index in [-0.39, 0.29) is 11.2 Å². The number of hydrogen-bond acceptors (Lipinski definition) is 1. The zero-order valence-electron chi connectivity index (χ0n) is 8.36. The summed E-state index contributed by atoms with van der Waals surface area (Å²) in [5, 5.41) is 0. The van der Waals surface area contributed by atoms with Crippen molar-refractivity contribution in [2.75, 3.05) is 0 Å². The average Bonchev–Trinajstić information content (AvgIpc) is 2.69. The SMILES string of the molecule is CC(=O)C1=CC23C=CC=CC2CC1C3. The summed E-state index contributed by atoms with van der Waals surface area (Å²) < 4.78 is 0. The van der Waals surface area contributed by atoms with Crippen LogP contribution in [0.4, 0.5) is 0 Å². The van der Waals surface area contributed by atoms with E-state index in [0.29, 0.717) is 11.8 Å². The minimum Gasteiger partial charge on any atom is -0.295 e. The Kier molecular flexibility index (Phi) is 1.45. The van der Waals surface area contributed by atoms with Crippen molar-refractivity contribution in [1.29, 1.82) is 0 Å². The summed E-state index contributed by atoms with van der Waals surface area (Å²) >= 11 is 0. The number of allylic oxidation sites excluding steroid dienone is 6. The molecule has 0 radical (unpaired) electrons. The molecule has 0 aliphatic heterocycles. The number of carbonyl (C=O) groups excluding carboxylic acids is 1. The Bertz CT molecular complexity index is 386. The van der Waals surface area contributed by atoms with Crippen LogP contribution in [0.3, 0.4) is 0 Å². The van der Waals surface area contributed by atoms with E-state index in [0.717, 1.165) is 12.0 Å². The number of ketones is 1. The molecule has 0 heterocycles. The fraction of sp³-hybridized carbons (Fsp3) is 0.462. The molecule has 0 aromatic rings. The first-order valence-corrected chi connectivity index (χ1v) is 5.31. The highest BCUT2D eigenvalue weighted by atomic mass is 16.1. The predicted molar refractivity (Wildman–Crippen MR) is 55.7 cm³/mol. The molecule has 0 aromatic heterocycles. The van der Waals surface area contributed by atoms with Crippen LogP contribution in [0, 0.1) is 17.3 Å². The molecule has 3 unspecified atom stereocenters. The fourth-order valence-electron chi connectivity index (χ4n) is 3.32. The van der Waals surface area contributed by atoms with Gasteiger partial charge < -0.3 is 0 Å². The van der Waals surface area contributed by atoms with Gasteiger partial charge in [0.2, 0.25) is 0 Å². The highest BCUT2D eigenvalue weighted by molar-refractivity contribution is 5.95. The molecule has 3 aliphatic carbocycles. The van der Waals surface area contributed by atoms with Crippen molar-refractivity contribution in [2.45, 2.75) is 19.8 Å². The van der Waals surface area contributed by atoms with Crippen LogP contribution in [-0.2, 0) is 4.79 Å². The molecule has 2 bridgehead atoms. The molecule has 0 saturated heterocycles. The number of rotatable bonds is 1. The standard InChI is InChI=1S/C13H14O/c1-9(14)12-8-13-5-3-2-4-11(13)6-10(12)7-13/h2-5,8,10-11H,6-7H2,1H3. The summed E-state index contributed by atoms with van der Waals surface area (Å²) in [6, 6.07) is 0. The van der Waals surface area contributed by atoms with Gasteiger partial charge in [-0.1, -0.05) is 30.4 Å². The Hall–Kier alpha value is -1.11. The van der Waals surface area contributed by atoms with E-state index in [1.165, 1.54) is 6.42 Å². The van der Waals surface area contributed by atoms with E-state index in [1.54, 1.807) is 6.92 Å². The van der Waals surface area contributed by atoms with Gasteiger partial charge in [-0.15, -0.1) is 0 Å². The van der Waals surface area contributed by atoms with Crippen molar-refractivity contribution < 1.29 is 4.79 Å². The molecule has 0 aromatic carbocycles. The topological polar surface area (TPSA) is 17.1 Å². The van der Waals surface area contributed by atoms with Gasteiger partial charge in [-0.3, -0.25) is 4.79 Å². The van der Waals surface area contributed by atoms with Crippen LogP contribution in [0.5, 0.6) is 0 Å². The van der Waals surface area contributed by atoms with Crippen molar-refractivity contribution >= 4 is 5.78 Å². The lowest BCUT2D eigenvalue weighted by molar-refractivity contribution is -0.114. The smallest absolute Gasteiger partial charge is 0.155 e. The fourth-order valence-corrected chi connectivity index (χ4v) is 3.32. The van der Waals surface area contributed by atoms with Gasteiger partial charge in [0.1, 0.15) is 0 Å². The summed E-state index contributed by atoms with van der Waals surface area (Å²) in [5.74, 6) is 1.46. The Labute approximate surface area is 84.2 Å². The molecule has 3 aliphatic rings. The molecular weight excluding hydrogens is 172 g/mol. The molecule has 1 saturated carbocycles. The third-order valence-electron chi connectivity index (χ3n) is 3.96. The number of Topliss-reactive ketones (excluding diaryl/α,β-unsaturated/α-hetero) is 1. The predicted octanol–water partition coefficient (Wildman–Crippen LogP) is 2.65. The first-order chi connectivity index (χ1) is 6.71. The maximum absolute atomic E-state index is 11.4. The number of carbonyl (C=O) groups is 1. The minimum atomic E-state index is 0.209. The highest BCUT2D eigenvalue weighted by Gasteiger charge is 2.50. The van der Waals surface area contributed by atoms with E-state index < -0.39 is 0 Å². The Morgan fingerprint density at radius 2 is 2.36 bits per heavy atom. The summed E-state index contributed by atoms with van der Waals surface area (Å²) in [6.07, 6.45) is 13.4. The van der Waals surface area contributed by atoms with Crippen LogP contribution < -0.4 is 0 Å². The zero-order valence-corrected chi connectivity index (χ0v) is 8.36. The second kappa shape index (κ2) is 2.47. The van der Waals surface area contributed by atoms with Crippen LogP contribution in [0.2, 0.25) is 0 Å². The quantitative estimate of drug-likeness (QED) is 0.615. The molecule has 3 atom stereocenters. The molecule has 1 spiro atoms. The Morgan fingerprint density at radius 3 is 3.14 bits per heavy atom. The maximum atomic E-state index is 11.4. The van der Waals surface area contributed by atoms with Gasteiger partial charge in [-0.05, 0) is 37.2 Å². The lowest BCUT2D eigenvalue weighted by Gasteiger charge is -2.29. The molecule has 3 rings (SSSR count). The molecular formula is C13H14O. The summed E-state index contributed by atoms with van der Waals surface area (Å²) in [5.41, 5.74) is 1.29. The first kappa shape index (κ1) is 8.22. The van der Waals surface area contributed by atoms with Gasteiger partial charge in [-0.2, -0.15) is 0 Å². The van der Waals surface area contributed by atoms with Gasteiger partial charge >= 0.3 is 0 Å². The first-order valence-electron chi connectivity index (χ1n) is 5.31. The summed E-state index contributed by atoms with van der Waals surface area (Å²) in [7, 11) is 0. The van der Waals surface area contributed by atoms with Crippen LogP contribution in [0.15, 0.2) is 36.0 Å². The second-order valence-corrected chi connectivity index (χ2v) is 4.76. The van der Waals surface area contributed by atoms with E-state index >= 15 is 0 Å². The number of fused-ring (bicyclic) bond motifs is 1. The minimum absolute atomic E-state index is 0.209. The van der Waals surface area contributed by atoms with Crippen LogP contribution in [0.25, 0.3) is 0 Å². The summed E-state index contributed by atoms with van der Waals surface area (Å²) in [4.78, 5) is 11.4. The van der Waals surface area contributed by atoms with Crippen LogP contribution in [-0.4, -0.2) is 5.78 Å². The van der Waals surface area contributed by atoms with Gasteiger partial charge in [0.15, 0.2) is 5.78 Å². The van der Waals surface area contributed by atoms with Crippen LogP contribution in [0.1, 0.15) is 19.8 Å². The van der Waals surface area contributed by atoms with E-state index in [1.807, 2.05) is 0 Å². The van der Waals surface area contributed by atoms with Gasteiger partial charge in [0.05, 0.1) is 0 Å². The second-order valence-electron chi connectivity index (χ2n) is 4.76. The molecule has 1 nitrogen and oxygen atoms in total. The molecule has 72 valence electrons. The normalized spacial score (nSPS) is 42.5. The third-order valence-corrected chi connectivity index (χ3v) is 3.96. The third kappa shape index (κ3) is 0.875. The molecule has 0 N–H and O–H groups in total. The van der Waals surface area contributed by atoms with Crippen molar-refractivity contribution in [3.63, 3.8) is 0 Å². The van der Waals surface area contributed by atoms with Gasteiger partial charge in [0.25, 0.3) is 0 Å². The van der Waals surface area contributed by atoms with Gasteiger partial charge in [0, 0.05) is 5.41 Å². The van der Waals surface area contributed by atoms with Gasteiger partial charge in [-0.25, -0.2) is 0 Å². The van der Waals surface area contributed by atoms with Crippen molar-refractivity contribution in [2.24, 2.45) is 17.3 Å². The molecule has 0 amide bonds. The number of hydrogen-bond donors (Lipinski definition) is 0. The zero-order chi connectivity index (χ0) is 9.76. The highest BCUT2D eigenvalue weighted by Crippen LogP contribution is 2.58. The van der Waals surface area contributed by atoms with Crippen molar-refractivity contribution in [3.05, 3.63) is 36.0 Å².